The summed E-state index contributed by atoms with van der Waals surface area (Å²) < 4.78 is 2.28. The van der Waals surface area contributed by atoms with E-state index in [1.165, 1.54) is 36.2 Å². The average molecular weight is 476 g/mol. The number of nitrogens with zero attached hydrogens (tertiary/aromatic N) is 4. The van der Waals surface area contributed by atoms with Crippen molar-refractivity contribution < 1.29 is 4.79 Å². The molecule has 31 heavy (non-hydrogen) atoms. The molecule has 0 saturated heterocycles. The van der Waals surface area contributed by atoms with Crippen molar-refractivity contribution in [1.82, 2.24) is 19.1 Å². The third-order valence-corrected chi connectivity index (χ3v) is 6.24. The van der Waals surface area contributed by atoms with Crippen molar-refractivity contribution in [2.24, 2.45) is 14.1 Å². The Labute approximate surface area is 189 Å². The van der Waals surface area contributed by atoms with Crippen molar-refractivity contribution in [3.05, 3.63) is 72.3 Å². The molecule has 0 aliphatic carbocycles. The first-order valence-electron chi connectivity index (χ1n) is 9.00. The molecule has 0 aliphatic rings. The molecule has 3 aromatic heterocycles. The number of benzene rings is 1. The standard InChI is InChI=1S/C20H15Cl2N5O3S/c1-26-17-16(18(29)27(2)20(26)30)11(5-6-23-17)8-15(28)25-19-24-14(9-31-19)10-3-4-12(21)13(22)7-10/h3-7,9H,8H2,1-2H3,(H,24,25,28). The Morgan fingerprint density at radius 3 is 2.65 bits per heavy atom. The van der Waals surface area contributed by atoms with Gasteiger partial charge in [0.05, 0.1) is 27.5 Å². The Morgan fingerprint density at radius 2 is 1.90 bits per heavy atom. The van der Waals surface area contributed by atoms with E-state index in [0.29, 0.717) is 26.4 Å². The molecule has 8 nitrogen and oxygen atoms in total. The molecule has 0 aliphatic heterocycles. The minimum absolute atomic E-state index is 0.0752. The number of anilines is 1. The molecule has 158 valence electrons. The lowest BCUT2D eigenvalue weighted by Crippen LogP contribution is -2.37. The molecule has 1 aromatic carbocycles. The molecule has 0 atom stereocenters. The molecule has 0 saturated carbocycles. The van der Waals surface area contributed by atoms with Gasteiger partial charge in [0, 0.05) is 31.2 Å². The van der Waals surface area contributed by atoms with E-state index in [1.807, 2.05) is 0 Å². The van der Waals surface area contributed by atoms with Crippen LogP contribution >= 0.6 is 34.5 Å². The van der Waals surface area contributed by atoms with Crippen LogP contribution < -0.4 is 16.6 Å². The van der Waals surface area contributed by atoms with Gasteiger partial charge in [0.1, 0.15) is 5.65 Å². The van der Waals surface area contributed by atoms with Gasteiger partial charge in [-0.3, -0.25) is 18.7 Å². The quantitative estimate of drug-likeness (QED) is 0.488. The summed E-state index contributed by atoms with van der Waals surface area (Å²) in [6.07, 6.45) is 1.39. The van der Waals surface area contributed by atoms with Crippen molar-refractivity contribution in [2.45, 2.75) is 6.42 Å². The minimum Gasteiger partial charge on any atom is -0.302 e. The van der Waals surface area contributed by atoms with Gasteiger partial charge in [0.2, 0.25) is 5.91 Å². The largest absolute Gasteiger partial charge is 0.332 e. The highest BCUT2D eigenvalue weighted by Crippen LogP contribution is 2.30. The van der Waals surface area contributed by atoms with Crippen LogP contribution in [-0.4, -0.2) is 25.0 Å². The summed E-state index contributed by atoms with van der Waals surface area (Å²) in [5.41, 5.74) is 1.15. The number of hydrogen-bond donors (Lipinski definition) is 1. The van der Waals surface area contributed by atoms with Crippen LogP contribution in [0.4, 0.5) is 5.13 Å². The number of hydrogen-bond acceptors (Lipinski definition) is 6. The Balaban J connectivity index is 1.60. The first-order valence-corrected chi connectivity index (χ1v) is 10.6. The topological polar surface area (TPSA) is 98.9 Å². The first-order chi connectivity index (χ1) is 14.8. The Morgan fingerprint density at radius 1 is 1.13 bits per heavy atom. The number of rotatable bonds is 4. The maximum absolute atomic E-state index is 12.6. The number of nitrogens with one attached hydrogen (secondary N) is 1. The molecule has 4 rings (SSSR count). The van der Waals surface area contributed by atoms with Gasteiger partial charge < -0.3 is 5.32 Å². The second-order valence-electron chi connectivity index (χ2n) is 6.77. The van der Waals surface area contributed by atoms with Crippen LogP contribution in [0.25, 0.3) is 22.3 Å². The van der Waals surface area contributed by atoms with Gasteiger partial charge in [-0.2, -0.15) is 0 Å². The fourth-order valence-corrected chi connectivity index (χ4v) is 4.18. The van der Waals surface area contributed by atoms with Crippen molar-refractivity contribution in [3.8, 4) is 11.3 Å². The van der Waals surface area contributed by atoms with Crippen LogP contribution in [0.5, 0.6) is 0 Å². The summed E-state index contributed by atoms with van der Waals surface area (Å²) in [5.74, 6) is -0.349. The summed E-state index contributed by atoms with van der Waals surface area (Å²) in [7, 11) is 2.92. The Bertz CT molecular complexity index is 1460. The molecule has 0 bridgehead atoms. The highest BCUT2D eigenvalue weighted by molar-refractivity contribution is 7.14. The summed E-state index contributed by atoms with van der Waals surface area (Å²) in [5, 5.41) is 6.04. The third kappa shape index (κ3) is 3.99. The van der Waals surface area contributed by atoms with E-state index >= 15 is 0 Å². The summed E-state index contributed by atoms with van der Waals surface area (Å²) in [6.45, 7) is 0. The zero-order valence-corrected chi connectivity index (χ0v) is 18.7. The smallest absolute Gasteiger partial charge is 0.302 e. The third-order valence-electron chi connectivity index (χ3n) is 4.74. The molecular weight excluding hydrogens is 461 g/mol. The minimum atomic E-state index is -0.495. The second-order valence-corrected chi connectivity index (χ2v) is 8.44. The van der Waals surface area contributed by atoms with Crippen LogP contribution in [0.15, 0.2) is 45.4 Å². The monoisotopic (exact) mass is 475 g/mol. The van der Waals surface area contributed by atoms with Crippen LogP contribution in [0.1, 0.15) is 5.56 Å². The average Bonchev–Trinajstić information content (AvgIpc) is 3.20. The SMILES string of the molecule is Cn1c(=O)c2c(CC(=O)Nc3nc(-c4ccc(Cl)c(Cl)c4)cs3)ccnc2n(C)c1=O. The number of halogens is 2. The number of amides is 1. The number of aryl methyl sites for hydroxylation is 1. The maximum Gasteiger partial charge on any atom is 0.332 e. The molecule has 1 N–H and O–H groups in total. The fraction of sp³-hybridized carbons (Fsp3) is 0.150. The van der Waals surface area contributed by atoms with Crippen molar-refractivity contribution in [1.29, 1.82) is 0 Å². The summed E-state index contributed by atoms with van der Waals surface area (Å²) in [4.78, 5) is 45.9. The lowest BCUT2D eigenvalue weighted by molar-refractivity contribution is -0.115. The summed E-state index contributed by atoms with van der Waals surface area (Å²) >= 11 is 13.3. The highest BCUT2D eigenvalue weighted by Gasteiger charge is 2.16. The van der Waals surface area contributed by atoms with Gasteiger partial charge in [-0.25, -0.2) is 14.8 Å². The number of carbonyl (C=O) groups excluding carboxylic acids is 1. The molecule has 0 fully saturated rings. The summed E-state index contributed by atoms with van der Waals surface area (Å²) in [6, 6.07) is 6.77. The van der Waals surface area contributed by atoms with Crippen LogP contribution in [0.2, 0.25) is 10.0 Å². The predicted molar refractivity (Wildman–Crippen MR) is 122 cm³/mol. The van der Waals surface area contributed by atoms with E-state index in [1.54, 1.807) is 29.6 Å². The van der Waals surface area contributed by atoms with E-state index in [-0.39, 0.29) is 23.4 Å². The van der Waals surface area contributed by atoms with Gasteiger partial charge in [0.25, 0.3) is 5.56 Å². The molecule has 0 radical (unpaired) electrons. The van der Waals surface area contributed by atoms with Crippen molar-refractivity contribution in [2.75, 3.05) is 5.32 Å². The highest BCUT2D eigenvalue weighted by atomic mass is 35.5. The molecule has 3 heterocycles. The van der Waals surface area contributed by atoms with Crippen molar-refractivity contribution in [3.63, 3.8) is 0 Å². The first kappa shape index (κ1) is 21.2. The van der Waals surface area contributed by atoms with Gasteiger partial charge in [0.15, 0.2) is 5.13 Å². The zero-order chi connectivity index (χ0) is 22.3. The Hall–Kier alpha value is -3.01. The zero-order valence-electron chi connectivity index (χ0n) is 16.3. The number of thiazole rings is 1. The van der Waals surface area contributed by atoms with Crippen LogP contribution in [-0.2, 0) is 25.3 Å². The van der Waals surface area contributed by atoms with Crippen LogP contribution in [0.3, 0.4) is 0 Å². The lowest BCUT2D eigenvalue weighted by atomic mass is 10.1. The Kier molecular flexibility index (Phi) is 5.65. The fourth-order valence-electron chi connectivity index (χ4n) is 3.15. The predicted octanol–water partition coefficient (Wildman–Crippen LogP) is 3.24. The number of carbonyl (C=O) groups is 1. The maximum atomic E-state index is 12.6. The van der Waals surface area contributed by atoms with Crippen molar-refractivity contribution >= 4 is 56.6 Å². The number of pyridine rings is 1. The van der Waals surface area contributed by atoms with E-state index < -0.39 is 11.2 Å². The van der Waals surface area contributed by atoms with E-state index in [4.69, 9.17) is 23.2 Å². The molecule has 0 unspecified atom stereocenters. The number of aromatic nitrogens is 4. The normalized spacial score (nSPS) is 11.1. The molecule has 11 heteroatoms. The van der Waals surface area contributed by atoms with E-state index in [0.717, 1.165) is 10.1 Å². The second kappa shape index (κ2) is 8.26. The molecule has 0 spiro atoms. The molecule has 1 amide bonds. The van der Waals surface area contributed by atoms with Gasteiger partial charge >= 0.3 is 5.69 Å². The van der Waals surface area contributed by atoms with E-state index in [2.05, 4.69) is 15.3 Å². The number of fused-ring (bicyclic) bond motifs is 1. The molecular formula is C20H15Cl2N5O3S. The van der Waals surface area contributed by atoms with Gasteiger partial charge in [-0.15, -0.1) is 11.3 Å². The van der Waals surface area contributed by atoms with Gasteiger partial charge in [-0.05, 0) is 23.8 Å². The van der Waals surface area contributed by atoms with Gasteiger partial charge in [-0.1, -0.05) is 29.3 Å². The van der Waals surface area contributed by atoms with E-state index in [9.17, 15) is 14.4 Å². The lowest BCUT2D eigenvalue weighted by Gasteiger charge is -2.10. The van der Waals surface area contributed by atoms with Crippen LogP contribution in [0, 0.1) is 0 Å². The molecule has 4 aromatic rings.